The summed E-state index contributed by atoms with van der Waals surface area (Å²) in [6.07, 6.45) is 2.54. The first-order valence-corrected chi connectivity index (χ1v) is 36.2. The molecule has 6 rings (SSSR count). The van der Waals surface area contributed by atoms with Gasteiger partial charge in [0.15, 0.2) is 5.12 Å². The van der Waals surface area contributed by atoms with Crippen molar-refractivity contribution in [2.24, 2.45) is 0 Å². The number of unbranched alkanes of at least 4 members (excludes halogenated alkanes) is 2. The van der Waals surface area contributed by atoms with Crippen molar-refractivity contribution < 1.29 is 144 Å². The van der Waals surface area contributed by atoms with Crippen molar-refractivity contribution in [2.75, 3.05) is 77.0 Å². The van der Waals surface area contributed by atoms with Crippen LogP contribution in [0.4, 0.5) is 0 Å². The summed E-state index contributed by atoms with van der Waals surface area (Å²) in [6, 6.07) is 24.9. The number of carbonyl (C=O) groups is 13. The van der Waals surface area contributed by atoms with E-state index in [-0.39, 0.29) is 102 Å². The van der Waals surface area contributed by atoms with Gasteiger partial charge in [-0.25, -0.2) is 0 Å². The Morgan fingerprint density at radius 1 is 0.485 bits per heavy atom. The van der Waals surface area contributed by atoms with E-state index in [1.54, 1.807) is 57.7 Å². The van der Waals surface area contributed by atoms with Crippen LogP contribution in [0.1, 0.15) is 87.0 Å². The third-order valence-electron chi connectivity index (χ3n) is 13.8. The SMILES string of the molecule is CC(=O)SCC(=O)NCC(=O)NCC(=O)NCC(=O)NCCCCNC(=O)Cc1c(C)n(C(=O)c2ccc(Cl)cc2)c2ccc(C)cc12.Cc1ccc2c(c1)c(CC(=O)NCCCCNC(=O)C[N-]C(=O)C[N-]C(=O)C[N-]C(=O)C[S-])c(C)n2C(=O)c1ccc(Cl)cc1.[Na+].[O]=[99Tc+4].[O]=[Tc](=[O])(=[O])[O-]. The average Bonchev–Trinajstić information content (AvgIpc) is 1.62. The van der Waals surface area contributed by atoms with Crippen molar-refractivity contribution >= 4 is 145 Å². The standard InChI is InChI=1S/C33H39ClN6O7S.C31H37ClN6O6S.Na.5O.2Tc/c1-20-6-11-27-26(14-20)25(21(2)40(27)33(47)23-7-9-24(34)10-8-23)15-28(42)35-12-4-5-13-36-29(43)16-37-30(44)17-38-31(45)18-39-32(46)19-48-22(3)41;1-19-5-10-25-24(13-19)23(20(2)38(25)31(44)21-6-8-22(32)9-7-21)14-26(39)33-11-3-4-12-34-27(40)15-35-28(41)16-36-29(42)17-37-30(43)18-45;;;;;;;;/h6-11,14H,4-5,12-13,15-19H2,1-3H3,(H,35,42)(H,36,43)(H,37,44)(H,38,45)(H,39,46);5-10,13H,3-4,11-12,14-18H2,1-2H3,(H6,33,34,35,36,37,39,40,41,42,43,45);;;;;;;;/q;;+1;;;;;-1;+4;/p-4/i;;;;;;;;1+1;. The molecule has 0 aliphatic rings. The van der Waals surface area contributed by atoms with Gasteiger partial charge in [-0.05, 0) is 144 Å². The Morgan fingerprint density at radius 3 is 1.18 bits per heavy atom. The number of benzene rings is 4. The van der Waals surface area contributed by atoms with E-state index in [9.17, 15) is 62.3 Å². The second kappa shape index (κ2) is 46.8. The molecule has 0 bridgehead atoms. The van der Waals surface area contributed by atoms with Crippen LogP contribution in [0, 0.1) is 27.7 Å². The number of thioether (sulfide) groups is 1. The number of carbonyl (C=O) groups excluding carboxylic acids is 13. The van der Waals surface area contributed by atoms with Gasteiger partial charge >= 0.3 is 81.8 Å². The summed E-state index contributed by atoms with van der Waals surface area (Å²) in [5.74, 6) is -5.80. The molecule has 4 aromatic carbocycles. The van der Waals surface area contributed by atoms with E-state index in [1.807, 2.05) is 64.1 Å². The zero-order chi connectivity index (χ0) is 74.6. The summed E-state index contributed by atoms with van der Waals surface area (Å²) in [5, 5.41) is 31.0. The fourth-order valence-electron chi connectivity index (χ4n) is 9.08. The number of aryl methyl sites for hydroxylation is 2. The number of rotatable bonds is 31. The molecule has 0 atom stereocenters. The molecule has 2 heterocycles. The fraction of sp³-hybridized carbons (Fsp3) is 0.359. The molecule has 7 N–H and O–H groups in total. The molecule has 0 saturated heterocycles. The Bertz CT molecular complexity index is 4130. The molecule has 2 aromatic heterocycles. The first-order valence-electron chi connectivity index (χ1n) is 30.1. The Balaban J connectivity index is 0.000000624. The van der Waals surface area contributed by atoms with Crippen LogP contribution in [0.5, 0.6) is 0 Å². The maximum absolute atomic E-state index is 13.4. The molecule has 0 radical (unpaired) electrons. The summed E-state index contributed by atoms with van der Waals surface area (Å²) < 4.78 is 45.9. The van der Waals surface area contributed by atoms with Gasteiger partial charge in [0.1, 0.15) is 0 Å². The Kier molecular flexibility index (Phi) is 41.5. The number of hydrogen-bond acceptors (Lipinski definition) is 20. The first kappa shape index (κ1) is 89.5. The van der Waals surface area contributed by atoms with Gasteiger partial charge in [-0.2, -0.15) is 0 Å². The number of amides is 10. The molecule has 0 fully saturated rings. The van der Waals surface area contributed by atoms with Crippen LogP contribution >= 0.6 is 35.0 Å². The molecule has 101 heavy (non-hydrogen) atoms. The van der Waals surface area contributed by atoms with E-state index in [4.69, 9.17) is 41.1 Å². The molecule has 0 spiro atoms. The monoisotopic (exact) mass is 1650 g/mol. The van der Waals surface area contributed by atoms with E-state index in [1.165, 1.54) is 6.92 Å². The molecular weight excluding hydrogens is 1580 g/mol. The van der Waals surface area contributed by atoms with Crippen LogP contribution in [0.15, 0.2) is 84.9 Å². The molecule has 6 aromatic rings. The summed E-state index contributed by atoms with van der Waals surface area (Å²) in [5.41, 5.74) is 7.35. The molecule has 0 aliphatic carbocycles. The summed E-state index contributed by atoms with van der Waals surface area (Å²) in [7, 11) is 0. The minimum absolute atomic E-state index is 0. The molecule has 537 valence electrons. The summed E-state index contributed by atoms with van der Waals surface area (Å²) >= 11 is 12.3. The normalized spacial score (nSPS) is 10.4. The Morgan fingerprint density at radius 2 is 0.812 bits per heavy atom. The number of halogens is 2. The fourth-order valence-corrected chi connectivity index (χ4v) is 9.86. The number of aromatic nitrogens is 2. The maximum atomic E-state index is 13.4. The molecule has 10 amide bonds. The van der Waals surface area contributed by atoms with Gasteiger partial charge in [-0.15, -0.1) is 5.75 Å². The van der Waals surface area contributed by atoms with Gasteiger partial charge in [0, 0.05) is 94.2 Å². The quantitative estimate of drug-likeness (QED) is 0.0177. The number of fused-ring (bicyclic) bond motifs is 2. The summed E-state index contributed by atoms with van der Waals surface area (Å²) in [4.78, 5) is 157. The molecule has 0 unspecified atom stereocenters. The van der Waals surface area contributed by atoms with E-state index in [2.05, 4.69) is 65.8 Å². The van der Waals surface area contributed by atoms with Crippen molar-refractivity contribution in [1.29, 1.82) is 0 Å². The van der Waals surface area contributed by atoms with Crippen molar-refractivity contribution in [3.63, 3.8) is 0 Å². The average molecular weight is 1650 g/mol. The van der Waals surface area contributed by atoms with E-state index < -0.39 is 82.4 Å². The summed E-state index contributed by atoms with van der Waals surface area (Å²) in [6.45, 7) is 7.88. The predicted molar refractivity (Wildman–Crippen MR) is 360 cm³/mol. The van der Waals surface area contributed by atoms with Crippen LogP contribution in [0.3, 0.4) is 0 Å². The molecule has 0 saturated carbocycles. The van der Waals surface area contributed by atoms with Gasteiger partial charge in [0.05, 0.1) is 49.3 Å². The number of nitrogens with one attached hydrogen (secondary N) is 7. The zero-order valence-corrected chi connectivity index (χ0v) is 64.6. The first-order chi connectivity index (χ1) is 47.3. The van der Waals surface area contributed by atoms with Gasteiger partial charge in [-0.3, -0.25) is 57.1 Å². The van der Waals surface area contributed by atoms with Gasteiger partial charge in [0.2, 0.25) is 41.4 Å². The third-order valence-corrected chi connectivity index (χ3v) is 15.4. The van der Waals surface area contributed by atoms with Crippen molar-refractivity contribution in [2.45, 2.75) is 73.1 Å². The Labute approximate surface area is 636 Å². The number of nitrogens with zero attached hydrogens (tertiary/aromatic N) is 5. The van der Waals surface area contributed by atoms with Gasteiger partial charge in [0.25, 0.3) is 11.8 Å². The van der Waals surface area contributed by atoms with Gasteiger partial charge in [-0.1, -0.05) is 71.3 Å². The van der Waals surface area contributed by atoms with E-state index >= 15 is 0 Å². The minimum atomic E-state index is -5.94. The van der Waals surface area contributed by atoms with E-state index in [0.717, 1.165) is 74.7 Å². The predicted octanol–water partition coefficient (Wildman–Crippen LogP) is 0.521. The molecule has 37 heteroatoms. The van der Waals surface area contributed by atoms with E-state index in [0.29, 0.717) is 84.4 Å². The van der Waals surface area contributed by atoms with Crippen molar-refractivity contribution in [3.8, 4) is 0 Å². The van der Waals surface area contributed by atoms with Crippen molar-refractivity contribution in [1.82, 2.24) is 46.4 Å². The number of hydrogen-bond donors (Lipinski definition) is 7. The second-order valence-corrected chi connectivity index (χ2v) is 25.6. The van der Waals surface area contributed by atoms with Crippen LogP contribution in [0.25, 0.3) is 37.8 Å². The van der Waals surface area contributed by atoms with Gasteiger partial charge < -0.3 is 80.2 Å². The second-order valence-electron chi connectivity index (χ2n) is 21.4. The van der Waals surface area contributed by atoms with Crippen LogP contribution in [-0.2, 0) is 127 Å². The Hall–Kier alpha value is -7.59. The molecule has 0 aliphatic heterocycles. The van der Waals surface area contributed by atoms with Crippen LogP contribution < -0.4 is 70.6 Å². The third kappa shape index (κ3) is 33.8. The topological polar surface area (TPSA) is 450 Å². The van der Waals surface area contributed by atoms with Crippen LogP contribution in [-0.4, -0.2) is 162 Å². The van der Waals surface area contributed by atoms with Crippen LogP contribution in [0.2, 0.25) is 10.0 Å². The molecule has 30 nitrogen and oxygen atoms in total. The van der Waals surface area contributed by atoms with Crippen molar-refractivity contribution in [3.05, 3.63) is 156 Å². The zero-order valence-electron chi connectivity index (χ0n) is 55.7. The molecular formula is C64H72Cl2N12NaO18S2Tc2.